The van der Waals surface area contributed by atoms with Gasteiger partial charge in [0.15, 0.2) is 0 Å². The summed E-state index contributed by atoms with van der Waals surface area (Å²) in [5.41, 5.74) is 1.95. The number of ether oxygens (including phenoxy) is 1. The summed E-state index contributed by atoms with van der Waals surface area (Å²) in [6.07, 6.45) is 0.727. The Morgan fingerprint density at radius 2 is 2.12 bits per heavy atom. The molecule has 2 aliphatic rings. The number of anilines is 1. The highest BCUT2D eigenvalue weighted by molar-refractivity contribution is 5.91. The SMILES string of the molecule is Cc1ccc(N2C(=O)OCC23CCNC3)cc1. The Morgan fingerprint density at radius 3 is 2.76 bits per heavy atom. The van der Waals surface area contributed by atoms with Crippen LogP contribution in [0.15, 0.2) is 24.3 Å². The van der Waals surface area contributed by atoms with Crippen LogP contribution >= 0.6 is 0 Å². The Bertz CT molecular complexity index is 435. The molecule has 2 saturated heterocycles. The van der Waals surface area contributed by atoms with Crippen LogP contribution in [-0.4, -0.2) is 31.3 Å². The molecule has 1 atom stereocenters. The summed E-state index contributed by atoms with van der Waals surface area (Å²) in [6.45, 7) is 4.29. The number of hydrogen-bond acceptors (Lipinski definition) is 3. The monoisotopic (exact) mass is 232 g/mol. The smallest absolute Gasteiger partial charge is 0.415 e. The van der Waals surface area contributed by atoms with Gasteiger partial charge in [-0.1, -0.05) is 17.7 Å². The lowest BCUT2D eigenvalue weighted by Gasteiger charge is -2.30. The number of hydrogen-bond donors (Lipinski definition) is 1. The first-order valence-corrected chi connectivity index (χ1v) is 5.96. The normalized spacial score (nSPS) is 27.8. The Labute approximate surface area is 101 Å². The van der Waals surface area contributed by atoms with Gasteiger partial charge in [-0.2, -0.15) is 0 Å². The summed E-state index contributed by atoms with van der Waals surface area (Å²) in [7, 11) is 0. The number of cyclic esters (lactones) is 1. The molecule has 2 heterocycles. The van der Waals surface area contributed by atoms with E-state index in [2.05, 4.69) is 5.32 Å². The van der Waals surface area contributed by atoms with Crippen molar-refractivity contribution in [2.24, 2.45) is 0 Å². The fourth-order valence-corrected chi connectivity index (χ4v) is 2.64. The molecule has 0 saturated carbocycles. The standard InChI is InChI=1S/C13H16N2O2/c1-10-2-4-11(5-3-10)15-12(16)17-9-13(15)6-7-14-8-13/h2-5,14H,6-9H2,1H3. The van der Waals surface area contributed by atoms with Crippen molar-refractivity contribution in [2.75, 3.05) is 24.6 Å². The van der Waals surface area contributed by atoms with E-state index in [4.69, 9.17) is 4.74 Å². The molecule has 0 aliphatic carbocycles. The Hall–Kier alpha value is -1.55. The van der Waals surface area contributed by atoms with E-state index in [0.717, 1.165) is 25.2 Å². The third-order valence-corrected chi connectivity index (χ3v) is 3.63. The molecule has 1 aromatic rings. The first kappa shape index (κ1) is 10.6. The van der Waals surface area contributed by atoms with Gasteiger partial charge in [0.2, 0.25) is 0 Å². The van der Waals surface area contributed by atoms with Gasteiger partial charge in [0.25, 0.3) is 0 Å². The van der Waals surface area contributed by atoms with Crippen molar-refractivity contribution in [2.45, 2.75) is 18.9 Å². The first-order chi connectivity index (χ1) is 8.21. The Morgan fingerprint density at radius 1 is 1.35 bits per heavy atom. The molecule has 1 unspecified atom stereocenters. The highest BCUT2D eigenvalue weighted by Crippen LogP contribution is 2.34. The molecule has 0 aromatic heterocycles. The second-order valence-corrected chi connectivity index (χ2v) is 4.88. The second kappa shape index (κ2) is 3.74. The van der Waals surface area contributed by atoms with Gasteiger partial charge in [-0.3, -0.25) is 4.90 Å². The third kappa shape index (κ3) is 1.60. The number of aryl methyl sites for hydroxylation is 1. The number of nitrogens with zero attached hydrogens (tertiary/aromatic N) is 1. The minimum absolute atomic E-state index is 0.174. The lowest BCUT2D eigenvalue weighted by atomic mass is 9.98. The molecule has 1 aromatic carbocycles. The van der Waals surface area contributed by atoms with Crippen molar-refractivity contribution in [3.63, 3.8) is 0 Å². The summed E-state index contributed by atoms with van der Waals surface area (Å²) in [5, 5.41) is 3.31. The van der Waals surface area contributed by atoms with Crippen LogP contribution in [0.5, 0.6) is 0 Å². The van der Waals surface area contributed by atoms with Crippen LogP contribution in [0.1, 0.15) is 12.0 Å². The predicted octanol–water partition coefficient (Wildman–Crippen LogP) is 1.68. The zero-order chi connectivity index (χ0) is 11.9. The molecule has 0 radical (unpaired) electrons. The molecule has 1 N–H and O–H groups in total. The summed E-state index contributed by atoms with van der Waals surface area (Å²) in [5.74, 6) is 0. The highest BCUT2D eigenvalue weighted by Gasteiger charge is 2.49. The number of carbonyl (C=O) groups excluding carboxylic acids is 1. The van der Waals surface area contributed by atoms with Gasteiger partial charge in [-0.05, 0) is 32.0 Å². The number of rotatable bonds is 1. The molecule has 17 heavy (non-hydrogen) atoms. The zero-order valence-electron chi connectivity index (χ0n) is 9.90. The van der Waals surface area contributed by atoms with Crippen molar-refractivity contribution in [1.29, 1.82) is 0 Å². The maximum atomic E-state index is 11.9. The van der Waals surface area contributed by atoms with Crippen LogP contribution in [0, 0.1) is 6.92 Å². The number of carbonyl (C=O) groups is 1. The molecule has 4 nitrogen and oxygen atoms in total. The van der Waals surface area contributed by atoms with Gasteiger partial charge in [-0.25, -0.2) is 4.79 Å². The summed E-state index contributed by atoms with van der Waals surface area (Å²) >= 11 is 0. The number of benzene rings is 1. The van der Waals surface area contributed by atoms with Crippen LogP contribution in [0.4, 0.5) is 10.5 Å². The van der Waals surface area contributed by atoms with Crippen molar-refractivity contribution in [3.05, 3.63) is 29.8 Å². The zero-order valence-corrected chi connectivity index (χ0v) is 9.90. The quantitative estimate of drug-likeness (QED) is 0.801. The topological polar surface area (TPSA) is 41.6 Å². The second-order valence-electron chi connectivity index (χ2n) is 4.88. The van der Waals surface area contributed by atoms with Crippen molar-refractivity contribution in [1.82, 2.24) is 5.32 Å². The van der Waals surface area contributed by atoms with Crippen LogP contribution < -0.4 is 10.2 Å². The maximum absolute atomic E-state index is 11.9. The Kier molecular flexibility index (Phi) is 2.33. The maximum Gasteiger partial charge on any atom is 0.415 e. The minimum Gasteiger partial charge on any atom is -0.447 e. The van der Waals surface area contributed by atoms with E-state index >= 15 is 0 Å². The third-order valence-electron chi connectivity index (χ3n) is 3.63. The molecular formula is C13H16N2O2. The van der Waals surface area contributed by atoms with Crippen LogP contribution in [0.25, 0.3) is 0 Å². The molecule has 0 bridgehead atoms. The fraction of sp³-hybridized carbons (Fsp3) is 0.462. The Balaban J connectivity index is 1.98. The predicted molar refractivity (Wildman–Crippen MR) is 65.2 cm³/mol. The summed E-state index contributed by atoms with van der Waals surface area (Å²) in [4.78, 5) is 13.7. The largest absolute Gasteiger partial charge is 0.447 e. The highest BCUT2D eigenvalue weighted by atomic mass is 16.6. The van der Waals surface area contributed by atoms with Gasteiger partial charge in [-0.15, -0.1) is 0 Å². The number of amides is 1. The van der Waals surface area contributed by atoms with E-state index in [1.807, 2.05) is 36.1 Å². The van der Waals surface area contributed by atoms with E-state index < -0.39 is 0 Å². The lowest BCUT2D eigenvalue weighted by Crippen LogP contribution is -2.49. The van der Waals surface area contributed by atoms with Crippen molar-refractivity contribution in [3.8, 4) is 0 Å². The molecule has 2 aliphatic heterocycles. The summed E-state index contributed by atoms with van der Waals surface area (Å²) in [6, 6.07) is 8.03. The molecule has 3 rings (SSSR count). The molecule has 90 valence electrons. The molecule has 4 heteroatoms. The van der Waals surface area contributed by atoms with Crippen LogP contribution in [0.3, 0.4) is 0 Å². The lowest BCUT2D eigenvalue weighted by molar-refractivity contribution is 0.174. The molecule has 2 fully saturated rings. The van der Waals surface area contributed by atoms with E-state index in [1.165, 1.54) is 5.56 Å². The average Bonchev–Trinajstić information content (AvgIpc) is 2.91. The molecular weight excluding hydrogens is 216 g/mol. The van der Waals surface area contributed by atoms with Gasteiger partial charge in [0.1, 0.15) is 6.61 Å². The van der Waals surface area contributed by atoms with E-state index in [1.54, 1.807) is 0 Å². The van der Waals surface area contributed by atoms with Crippen LogP contribution in [0.2, 0.25) is 0 Å². The van der Waals surface area contributed by atoms with Crippen molar-refractivity contribution >= 4 is 11.8 Å². The minimum atomic E-state index is -0.224. The fourth-order valence-electron chi connectivity index (χ4n) is 2.64. The van der Waals surface area contributed by atoms with E-state index in [9.17, 15) is 4.79 Å². The summed E-state index contributed by atoms with van der Waals surface area (Å²) < 4.78 is 5.23. The van der Waals surface area contributed by atoms with Crippen molar-refractivity contribution < 1.29 is 9.53 Å². The van der Waals surface area contributed by atoms with E-state index in [0.29, 0.717) is 6.61 Å². The van der Waals surface area contributed by atoms with Crippen LogP contribution in [-0.2, 0) is 4.74 Å². The van der Waals surface area contributed by atoms with Gasteiger partial charge in [0, 0.05) is 12.2 Å². The first-order valence-electron chi connectivity index (χ1n) is 5.96. The average molecular weight is 232 g/mol. The van der Waals surface area contributed by atoms with Gasteiger partial charge < -0.3 is 10.1 Å². The number of nitrogens with one attached hydrogen (secondary N) is 1. The van der Waals surface area contributed by atoms with Gasteiger partial charge >= 0.3 is 6.09 Å². The molecule has 1 spiro atoms. The van der Waals surface area contributed by atoms with Gasteiger partial charge in [0.05, 0.1) is 5.54 Å². The van der Waals surface area contributed by atoms with E-state index in [-0.39, 0.29) is 11.6 Å². The molecule has 1 amide bonds.